The van der Waals surface area contributed by atoms with Crippen molar-refractivity contribution in [1.82, 2.24) is 19.9 Å². The summed E-state index contributed by atoms with van der Waals surface area (Å²) in [6.45, 7) is 5.30. The van der Waals surface area contributed by atoms with Crippen molar-refractivity contribution in [1.29, 1.82) is 5.26 Å². The molecule has 4 rings (SSSR count). The fourth-order valence-electron chi connectivity index (χ4n) is 4.77. The van der Waals surface area contributed by atoms with Crippen molar-refractivity contribution in [2.24, 2.45) is 0 Å². The summed E-state index contributed by atoms with van der Waals surface area (Å²) in [6.07, 6.45) is 8.31. The van der Waals surface area contributed by atoms with Gasteiger partial charge >= 0.3 is 0 Å². The van der Waals surface area contributed by atoms with E-state index in [-0.39, 0.29) is 6.61 Å². The number of anilines is 3. The van der Waals surface area contributed by atoms with Crippen LogP contribution in [-0.2, 0) is 6.61 Å². The van der Waals surface area contributed by atoms with Crippen LogP contribution < -0.4 is 10.6 Å². The highest BCUT2D eigenvalue weighted by Gasteiger charge is 2.33. The van der Waals surface area contributed by atoms with Gasteiger partial charge in [-0.25, -0.2) is 9.97 Å². The van der Waals surface area contributed by atoms with E-state index in [0.717, 1.165) is 53.8 Å². The molecule has 0 radical (unpaired) electrons. The third-order valence-electron chi connectivity index (χ3n) is 6.21. The lowest BCUT2D eigenvalue weighted by atomic mass is 9.89. The minimum Gasteiger partial charge on any atom is -0.391 e. The largest absolute Gasteiger partial charge is 0.391 e. The van der Waals surface area contributed by atoms with Gasteiger partial charge in [-0.05, 0) is 38.3 Å². The second-order valence-corrected chi connectivity index (χ2v) is 9.71. The number of likely N-dealkylation sites (tertiary alicyclic amines) is 1. The monoisotopic (exact) mass is 465 g/mol. The molecule has 0 bridgehead atoms. The standard InChI is InChI=1S/C24H31N7OS/c1-3-6-18-12-17(11-16(2)31(18)10-5-8-25)28-23-20-7-4-9-26-21(20)13-22(29-23)30-24-27-14-19(15-32)33-24/h4,7,9,13-14,16-18,32H,3,5-6,10-12,15H2,1-2H3,(H2,27,28,29,30). The first-order chi connectivity index (χ1) is 16.1. The first-order valence-corrected chi connectivity index (χ1v) is 12.4. The molecule has 3 aromatic heterocycles. The predicted molar refractivity (Wildman–Crippen MR) is 133 cm³/mol. The minimum absolute atomic E-state index is 0.0248. The number of aliphatic hydroxyl groups excluding tert-OH is 1. The molecule has 4 heterocycles. The molecular weight excluding hydrogens is 434 g/mol. The van der Waals surface area contributed by atoms with Crippen molar-refractivity contribution in [3.8, 4) is 6.07 Å². The second-order valence-electron chi connectivity index (χ2n) is 8.59. The highest BCUT2D eigenvalue weighted by Crippen LogP contribution is 2.31. The summed E-state index contributed by atoms with van der Waals surface area (Å²) >= 11 is 1.41. The van der Waals surface area contributed by atoms with Gasteiger partial charge in [-0.1, -0.05) is 24.7 Å². The molecular formula is C24H31N7OS. The van der Waals surface area contributed by atoms with Crippen LogP contribution in [0.1, 0.15) is 50.8 Å². The summed E-state index contributed by atoms with van der Waals surface area (Å²) in [4.78, 5) is 17.1. The Morgan fingerprint density at radius 2 is 2.21 bits per heavy atom. The third kappa shape index (κ3) is 5.58. The Kier molecular flexibility index (Phi) is 7.70. The van der Waals surface area contributed by atoms with Crippen molar-refractivity contribution in [3.05, 3.63) is 35.5 Å². The Labute approximate surface area is 198 Å². The molecule has 9 heteroatoms. The molecule has 1 saturated heterocycles. The van der Waals surface area contributed by atoms with Crippen molar-refractivity contribution < 1.29 is 5.11 Å². The highest BCUT2D eigenvalue weighted by molar-refractivity contribution is 7.15. The highest BCUT2D eigenvalue weighted by atomic mass is 32.1. The molecule has 0 spiro atoms. The topological polar surface area (TPSA) is 110 Å². The van der Waals surface area contributed by atoms with E-state index < -0.39 is 0 Å². The van der Waals surface area contributed by atoms with Crippen LogP contribution in [0.4, 0.5) is 16.8 Å². The normalized spacial score (nSPS) is 21.1. The van der Waals surface area contributed by atoms with Crippen molar-refractivity contribution >= 4 is 39.0 Å². The fraction of sp³-hybridized carbons (Fsp3) is 0.500. The molecule has 0 aliphatic carbocycles. The molecule has 3 unspecified atom stereocenters. The van der Waals surface area contributed by atoms with Gasteiger partial charge < -0.3 is 15.7 Å². The van der Waals surface area contributed by atoms with E-state index in [1.54, 1.807) is 12.4 Å². The quantitative estimate of drug-likeness (QED) is 0.418. The fourth-order valence-corrected chi connectivity index (χ4v) is 5.45. The predicted octanol–water partition coefficient (Wildman–Crippen LogP) is 4.67. The molecule has 3 atom stereocenters. The van der Waals surface area contributed by atoms with Crippen LogP contribution in [0.15, 0.2) is 30.6 Å². The zero-order valence-electron chi connectivity index (χ0n) is 19.2. The van der Waals surface area contributed by atoms with E-state index in [2.05, 4.69) is 45.4 Å². The average molecular weight is 466 g/mol. The molecule has 33 heavy (non-hydrogen) atoms. The van der Waals surface area contributed by atoms with Gasteiger partial charge in [-0.3, -0.25) is 9.88 Å². The number of nitriles is 1. The zero-order valence-corrected chi connectivity index (χ0v) is 20.0. The van der Waals surface area contributed by atoms with E-state index in [0.29, 0.717) is 35.5 Å². The number of rotatable bonds is 9. The number of pyridine rings is 2. The summed E-state index contributed by atoms with van der Waals surface area (Å²) in [5, 5.41) is 27.1. The Morgan fingerprint density at radius 1 is 1.33 bits per heavy atom. The molecule has 0 aromatic carbocycles. The molecule has 8 nitrogen and oxygen atoms in total. The Hall–Kier alpha value is -2.80. The number of hydrogen-bond acceptors (Lipinski definition) is 9. The number of nitrogens with one attached hydrogen (secondary N) is 2. The molecule has 1 aliphatic rings. The molecule has 3 N–H and O–H groups in total. The lowest BCUT2D eigenvalue weighted by Gasteiger charge is -2.44. The average Bonchev–Trinajstić information content (AvgIpc) is 3.26. The van der Waals surface area contributed by atoms with Crippen LogP contribution in [0, 0.1) is 11.3 Å². The first kappa shape index (κ1) is 23.4. The smallest absolute Gasteiger partial charge is 0.188 e. The number of aliphatic hydroxyl groups is 1. The van der Waals surface area contributed by atoms with Crippen molar-refractivity contribution in [2.45, 2.75) is 70.7 Å². The molecule has 1 aliphatic heterocycles. The van der Waals surface area contributed by atoms with Gasteiger partial charge in [0.2, 0.25) is 0 Å². The van der Waals surface area contributed by atoms with Crippen LogP contribution in [0.5, 0.6) is 0 Å². The van der Waals surface area contributed by atoms with Gasteiger partial charge in [-0.2, -0.15) is 5.26 Å². The van der Waals surface area contributed by atoms with Gasteiger partial charge in [0.15, 0.2) is 5.13 Å². The molecule has 0 amide bonds. The van der Waals surface area contributed by atoms with E-state index >= 15 is 0 Å². The Bertz CT molecular complexity index is 1110. The van der Waals surface area contributed by atoms with Gasteiger partial charge in [-0.15, -0.1) is 0 Å². The van der Waals surface area contributed by atoms with E-state index in [1.165, 1.54) is 11.3 Å². The van der Waals surface area contributed by atoms with E-state index in [1.807, 2.05) is 18.2 Å². The maximum Gasteiger partial charge on any atom is 0.188 e. The maximum absolute atomic E-state index is 9.32. The Morgan fingerprint density at radius 3 is 2.97 bits per heavy atom. The molecule has 174 valence electrons. The van der Waals surface area contributed by atoms with Crippen LogP contribution in [0.25, 0.3) is 10.9 Å². The summed E-state index contributed by atoms with van der Waals surface area (Å²) in [5.41, 5.74) is 0.862. The summed E-state index contributed by atoms with van der Waals surface area (Å²) in [6, 6.07) is 9.36. The molecule has 1 fully saturated rings. The van der Waals surface area contributed by atoms with E-state index in [4.69, 9.17) is 10.2 Å². The first-order valence-electron chi connectivity index (χ1n) is 11.6. The van der Waals surface area contributed by atoms with Gasteiger partial charge in [0.05, 0.1) is 23.1 Å². The molecule has 0 saturated carbocycles. The number of piperidine rings is 1. The van der Waals surface area contributed by atoms with Crippen molar-refractivity contribution in [2.75, 3.05) is 17.2 Å². The second kappa shape index (κ2) is 10.9. The summed E-state index contributed by atoms with van der Waals surface area (Å²) in [7, 11) is 0. The van der Waals surface area contributed by atoms with Crippen LogP contribution in [-0.4, -0.2) is 49.6 Å². The maximum atomic E-state index is 9.32. The summed E-state index contributed by atoms with van der Waals surface area (Å²) in [5.74, 6) is 1.49. The van der Waals surface area contributed by atoms with Gasteiger partial charge in [0.25, 0.3) is 0 Å². The number of nitrogens with zero attached hydrogens (tertiary/aromatic N) is 5. The van der Waals surface area contributed by atoms with Crippen LogP contribution in [0.3, 0.4) is 0 Å². The van der Waals surface area contributed by atoms with Gasteiger partial charge in [0.1, 0.15) is 11.6 Å². The number of thiazole rings is 1. The lowest BCUT2D eigenvalue weighted by molar-refractivity contribution is 0.0824. The Balaban J connectivity index is 1.57. The zero-order chi connectivity index (χ0) is 23.2. The third-order valence-corrected chi connectivity index (χ3v) is 7.10. The van der Waals surface area contributed by atoms with Crippen LogP contribution in [0.2, 0.25) is 0 Å². The van der Waals surface area contributed by atoms with Crippen LogP contribution >= 0.6 is 11.3 Å². The molecule has 3 aromatic rings. The van der Waals surface area contributed by atoms with E-state index in [9.17, 15) is 5.11 Å². The van der Waals surface area contributed by atoms with Crippen molar-refractivity contribution in [3.63, 3.8) is 0 Å². The van der Waals surface area contributed by atoms with Gasteiger partial charge in [0, 0.05) is 54.9 Å². The minimum atomic E-state index is -0.0248. The SMILES string of the molecule is CCCC1CC(Nc2nc(Nc3ncc(CO)s3)cc3ncccc23)CC(C)N1CCC#N. The number of hydrogen-bond donors (Lipinski definition) is 3. The number of aromatic nitrogens is 3. The lowest BCUT2D eigenvalue weighted by Crippen LogP contribution is -2.51. The number of fused-ring (bicyclic) bond motifs is 1. The summed E-state index contributed by atoms with van der Waals surface area (Å²) < 4.78 is 0.